The first-order chi connectivity index (χ1) is 16.3. The number of nitrogens with zero attached hydrogens (tertiary/aromatic N) is 4. The van der Waals surface area contributed by atoms with Crippen molar-refractivity contribution in [2.75, 3.05) is 13.1 Å². The lowest BCUT2D eigenvalue weighted by Crippen LogP contribution is -2.36. The number of hydrogen-bond donors (Lipinski definition) is 1. The molecule has 1 aliphatic heterocycles. The molecule has 0 aliphatic carbocycles. The molecule has 2 aromatic heterocycles. The van der Waals surface area contributed by atoms with E-state index in [9.17, 15) is 13.2 Å². The van der Waals surface area contributed by atoms with Crippen LogP contribution in [0.3, 0.4) is 0 Å². The molecule has 1 fully saturated rings. The molecule has 1 aromatic carbocycles. The molecule has 1 atom stereocenters. The molecule has 0 saturated carbocycles. The number of hydrogen-bond acceptors (Lipinski definition) is 5. The van der Waals surface area contributed by atoms with Crippen molar-refractivity contribution >= 4 is 15.9 Å². The van der Waals surface area contributed by atoms with E-state index in [2.05, 4.69) is 15.4 Å². The first kappa shape index (κ1) is 24.1. The van der Waals surface area contributed by atoms with Crippen molar-refractivity contribution < 1.29 is 13.2 Å². The number of nitrogens with one attached hydrogen (secondary N) is 1. The average Bonchev–Trinajstić information content (AvgIpc) is 3.13. The number of sulfonamides is 1. The van der Waals surface area contributed by atoms with Gasteiger partial charge in [0.2, 0.25) is 10.0 Å². The van der Waals surface area contributed by atoms with Crippen molar-refractivity contribution in [2.24, 2.45) is 0 Å². The van der Waals surface area contributed by atoms with E-state index in [1.165, 1.54) is 0 Å². The number of aromatic nitrogens is 3. The Morgan fingerprint density at radius 3 is 2.41 bits per heavy atom. The molecule has 0 spiro atoms. The summed E-state index contributed by atoms with van der Waals surface area (Å²) in [6, 6.07) is 12.7. The normalized spacial score (nSPS) is 15.7. The fourth-order valence-electron chi connectivity index (χ4n) is 4.36. The van der Waals surface area contributed by atoms with Gasteiger partial charge in [0, 0.05) is 24.8 Å². The summed E-state index contributed by atoms with van der Waals surface area (Å²) in [5.74, 6) is -0.175. The zero-order valence-corrected chi connectivity index (χ0v) is 20.7. The van der Waals surface area contributed by atoms with E-state index in [4.69, 9.17) is 0 Å². The quantitative estimate of drug-likeness (QED) is 0.556. The predicted octanol–water partition coefficient (Wildman–Crippen LogP) is 3.61. The lowest BCUT2D eigenvalue weighted by molar-refractivity contribution is 0.0939. The molecule has 9 heteroatoms. The molecular formula is C25H31N5O3S. The highest BCUT2D eigenvalue weighted by Gasteiger charge is 2.31. The fourth-order valence-corrected chi connectivity index (χ4v) is 6.25. The van der Waals surface area contributed by atoms with Gasteiger partial charge in [0.1, 0.15) is 4.90 Å². The number of carbonyl (C=O) groups is 1. The Hall–Kier alpha value is -3.04. The minimum atomic E-state index is -3.56. The molecule has 1 saturated heterocycles. The van der Waals surface area contributed by atoms with Crippen molar-refractivity contribution in [3.8, 4) is 0 Å². The summed E-state index contributed by atoms with van der Waals surface area (Å²) in [5, 5.41) is 7.48. The molecule has 180 valence electrons. The first-order valence-electron chi connectivity index (χ1n) is 11.6. The third-order valence-electron chi connectivity index (χ3n) is 6.26. The van der Waals surface area contributed by atoms with Gasteiger partial charge in [-0.25, -0.2) is 8.42 Å². The van der Waals surface area contributed by atoms with Gasteiger partial charge in [0.15, 0.2) is 0 Å². The van der Waals surface area contributed by atoms with E-state index in [0.717, 1.165) is 30.5 Å². The van der Waals surface area contributed by atoms with Gasteiger partial charge in [-0.1, -0.05) is 24.6 Å². The summed E-state index contributed by atoms with van der Waals surface area (Å²) in [5.41, 5.74) is 3.43. The highest BCUT2D eigenvalue weighted by molar-refractivity contribution is 7.89. The van der Waals surface area contributed by atoms with Crippen molar-refractivity contribution in [3.63, 3.8) is 0 Å². The Morgan fingerprint density at radius 2 is 1.76 bits per heavy atom. The van der Waals surface area contributed by atoms with Gasteiger partial charge in [-0.05, 0) is 63.4 Å². The molecule has 0 bridgehead atoms. The van der Waals surface area contributed by atoms with Crippen LogP contribution in [0.1, 0.15) is 65.2 Å². The van der Waals surface area contributed by atoms with E-state index >= 15 is 0 Å². The number of benzene rings is 1. The van der Waals surface area contributed by atoms with Crippen LogP contribution in [0.15, 0.2) is 53.6 Å². The maximum Gasteiger partial charge on any atom is 0.251 e. The molecule has 1 amide bonds. The smallest absolute Gasteiger partial charge is 0.251 e. The summed E-state index contributed by atoms with van der Waals surface area (Å²) >= 11 is 0. The van der Waals surface area contributed by atoms with Crippen LogP contribution < -0.4 is 5.32 Å². The van der Waals surface area contributed by atoms with Crippen LogP contribution >= 0.6 is 0 Å². The molecule has 1 unspecified atom stereocenters. The van der Waals surface area contributed by atoms with E-state index in [-0.39, 0.29) is 11.9 Å². The molecule has 0 radical (unpaired) electrons. The highest BCUT2D eigenvalue weighted by atomic mass is 32.2. The van der Waals surface area contributed by atoms with Gasteiger partial charge in [0.25, 0.3) is 5.91 Å². The topological polar surface area (TPSA) is 97.2 Å². The number of aryl methyl sites for hydroxylation is 1. The van der Waals surface area contributed by atoms with Gasteiger partial charge < -0.3 is 5.32 Å². The van der Waals surface area contributed by atoms with Crippen molar-refractivity contribution in [1.82, 2.24) is 24.4 Å². The van der Waals surface area contributed by atoms with Crippen LogP contribution in [0.2, 0.25) is 0 Å². The van der Waals surface area contributed by atoms with E-state index in [0.29, 0.717) is 41.5 Å². The lowest BCUT2D eigenvalue weighted by atomic mass is 10.1. The van der Waals surface area contributed by atoms with Crippen molar-refractivity contribution in [3.05, 3.63) is 76.9 Å². The largest absolute Gasteiger partial charge is 0.344 e. The number of pyridine rings is 1. The van der Waals surface area contributed by atoms with Crippen LogP contribution in [0.25, 0.3) is 0 Å². The number of amides is 1. The summed E-state index contributed by atoms with van der Waals surface area (Å²) in [6.07, 6.45) is 4.56. The van der Waals surface area contributed by atoms with Crippen LogP contribution in [0, 0.1) is 13.8 Å². The molecule has 3 heterocycles. The maximum absolute atomic E-state index is 13.2. The second-order valence-electron chi connectivity index (χ2n) is 8.77. The van der Waals surface area contributed by atoms with Gasteiger partial charge in [-0.3, -0.25) is 14.5 Å². The molecule has 8 nitrogen and oxygen atoms in total. The van der Waals surface area contributed by atoms with Gasteiger partial charge in [-0.2, -0.15) is 9.40 Å². The zero-order chi connectivity index (χ0) is 24.3. The predicted molar refractivity (Wildman–Crippen MR) is 130 cm³/mol. The van der Waals surface area contributed by atoms with Crippen LogP contribution in [0.5, 0.6) is 0 Å². The van der Waals surface area contributed by atoms with Crippen LogP contribution in [-0.4, -0.2) is 46.5 Å². The molecule has 1 N–H and O–H groups in total. The summed E-state index contributed by atoms with van der Waals surface area (Å²) in [4.78, 5) is 17.2. The van der Waals surface area contributed by atoms with Crippen molar-refractivity contribution in [1.29, 1.82) is 0 Å². The molecule has 3 aromatic rings. The van der Waals surface area contributed by atoms with Crippen molar-refractivity contribution in [2.45, 2.75) is 57.5 Å². The van der Waals surface area contributed by atoms with Gasteiger partial charge >= 0.3 is 0 Å². The number of piperidine rings is 1. The average molecular weight is 482 g/mol. The number of rotatable bonds is 7. The fraction of sp³-hybridized carbons (Fsp3) is 0.400. The maximum atomic E-state index is 13.2. The van der Waals surface area contributed by atoms with E-state index in [1.807, 2.05) is 37.3 Å². The lowest BCUT2D eigenvalue weighted by Gasteiger charge is -2.26. The summed E-state index contributed by atoms with van der Waals surface area (Å²) in [6.45, 7) is 7.00. The third kappa shape index (κ3) is 5.05. The van der Waals surface area contributed by atoms with E-state index < -0.39 is 10.0 Å². The minimum Gasteiger partial charge on any atom is -0.344 e. The SMILES string of the molecule is Cc1nn(Cc2ccc(C(=O)NC(C)c3ccccn3)cc2)c(C)c1S(=O)(=O)N1CCCCC1. The highest BCUT2D eigenvalue weighted by Crippen LogP contribution is 2.26. The first-order valence-corrected chi connectivity index (χ1v) is 13.1. The standard InChI is InChI=1S/C25H31N5O3S/c1-18(23-9-5-6-14-26-23)27-25(31)22-12-10-21(11-13-22)17-30-20(3)24(19(2)28-30)34(32,33)29-15-7-4-8-16-29/h5-6,9-14,18H,4,7-8,15-17H2,1-3H3,(H,27,31). The molecular weight excluding hydrogens is 450 g/mol. The second-order valence-corrected chi connectivity index (χ2v) is 10.6. The third-order valence-corrected chi connectivity index (χ3v) is 8.41. The molecule has 4 rings (SSSR count). The van der Waals surface area contributed by atoms with Crippen LogP contribution in [0.4, 0.5) is 0 Å². The Morgan fingerprint density at radius 1 is 1.06 bits per heavy atom. The zero-order valence-electron chi connectivity index (χ0n) is 19.9. The summed E-state index contributed by atoms with van der Waals surface area (Å²) < 4.78 is 29.8. The Kier molecular flexibility index (Phi) is 7.13. The van der Waals surface area contributed by atoms with Crippen LogP contribution in [-0.2, 0) is 16.6 Å². The Balaban J connectivity index is 1.46. The van der Waals surface area contributed by atoms with Gasteiger partial charge in [0.05, 0.1) is 29.7 Å². The Bertz CT molecular complexity index is 1250. The number of carbonyl (C=O) groups excluding carboxylic acids is 1. The summed E-state index contributed by atoms with van der Waals surface area (Å²) in [7, 11) is -3.56. The van der Waals surface area contributed by atoms with E-state index in [1.54, 1.807) is 41.2 Å². The molecule has 34 heavy (non-hydrogen) atoms. The molecule has 1 aliphatic rings. The Labute approximate surface area is 201 Å². The minimum absolute atomic E-state index is 0.175. The van der Waals surface area contributed by atoms with Gasteiger partial charge in [-0.15, -0.1) is 0 Å². The monoisotopic (exact) mass is 481 g/mol. The second kappa shape index (κ2) is 10.1.